The number of ether oxygens (including phenoxy) is 1. The van der Waals surface area contributed by atoms with Gasteiger partial charge in [0.2, 0.25) is 0 Å². The van der Waals surface area contributed by atoms with Crippen molar-refractivity contribution < 1.29 is 9.15 Å². The van der Waals surface area contributed by atoms with Crippen molar-refractivity contribution in [1.29, 1.82) is 0 Å². The van der Waals surface area contributed by atoms with E-state index in [0.717, 1.165) is 21.3 Å². The van der Waals surface area contributed by atoms with E-state index in [-0.39, 0.29) is 6.04 Å². The number of hydrogen-bond donors (Lipinski definition) is 1. The van der Waals surface area contributed by atoms with Crippen molar-refractivity contribution in [2.75, 3.05) is 7.11 Å². The van der Waals surface area contributed by atoms with Gasteiger partial charge >= 0.3 is 0 Å². The number of rotatable bonds is 4. The highest BCUT2D eigenvalue weighted by Gasteiger charge is 2.16. The van der Waals surface area contributed by atoms with Crippen molar-refractivity contribution in [1.82, 2.24) is 4.98 Å². The lowest BCUT2D eigenvalue weighted by molar-refractivity contribution is 0.181. The zero-order chi connectivity index (χ0) is 11.5. The maximum atomic E-state index is 5.90. The van der Waals surface area contributed by atoms with Crippen LogP contribution in [-0.4, -0.2) is 12.1 Å². The first-order chi connectivity index (χ1) is 7.72. The average Bonchev–Trinajstić information content (AvgIpc) is 2.83. The van der Waals surface area contributed by atoms with Crippen LogP contribution in [0.5, 0.6) is 0 Å². The maximum absolute atomic E-state index is 5.90. The lowest BCUT2D eigenvalue weighted by atomic mass is 10.2. The minimum Gasteiger partial charge on any atom is -0.462 e. The molecule has 2 aromatic rings. The van der Waals surface area contributed by atoms with Crippen LogP contribution >= 0.6 is 11.3 Å². The molecule has 0 spiro atoms. The Morgan fingerprint density at radius 3 is 3.00 bits per heavy atom. The van der Waals surface area contributed by atoms with E-state index < -0.39 is 0 Å². The predicted octanol–water partition coefficient (Wildman–Crippen LogP) is 2.57. The number of nitrogens with two attached hydrogens (primary N) is 1. The highest BCUT2D eigenvalue weighted by molar-refractivity contribution is 7.15. The monoisotopic (exact) mass is 238 g/mol. The lowest BCUT2D eigenvalue weighted by Gasteiger charge is -2.03. The molecule has 0 fully saturated rings. The molecule has 0 amide bonds. The molecule has 0 saturated heterocycles. The van der Waals surface area contributed by atoms with E-state index in [9.17, 15) is 0 Å². The van der Waals surface area contributed by atoms with Gasteiger partial charge in [0.25, 0.3) is 0 Å². The smallest absolute Gasteiger partial charge is 0.162 e. The summed E-state index contributed by atoms with van der Waals surface area (Å²) < 4.78 is 10.4. The summed E-state index contributed by atoms with van der Waals surface area (Å²) in [5, 5.41) is 0.851. The van der Waals surface area contributed by atoms with Crippen LogP contribution in [0.2, 0.25) is 0 Å². The Hall–Kier alpha value is -1.17. The number of methoxy groups -OCH3 is 1. The van der Waals surface area contributed by atoms with Gasteiger partial charge in [-0.1, -0.05) is 0 Å². The Kier molecular flexibility index (Phi) is 3.38. The van der Waals surface area contributed by atoms with Crippen LogP contribution in [-0.2, 0) is 11.3 Å². The molecule has 2 rings (SSSR count). The van der Waals surface area contributed by atoms with Gasteiger partial charge in [-0.05, 0) is 19.1 Å². The van der Waals surface area contributed by atoms with Crippen LogP contribution in [0.1, 0.15) is 23.5 Å². The number of nitrogens with zero attached hydrogens (tertiary/aromatic N) is 1. The lowest BCUT2D eigenvalue weighted by Crippen LogP contribution is -2.06. The van der Waals surface area contributed by atoms with E-state index in [4.69, 9.17) is 14.9 Å². The zero-order valence-electron chi connectivity index (χ0n) is 9.27. The molecule has 0 radical (unpaired) electrons. The van der Waals surface area contributed by atoms with Gasteiger partial charge in [0.05, 0.1) is 18.6 Å². The summed E-state index contributed by atoms with van der Waals surface area (Å²) in [6.45, 7) is 2.42. The standard InChI is InChI=1S/C11H14N2O2S/c1-7(12)10-8(6-14-2)13-11(16-10)9-4-3-5-15-9/h3-5,7H,6,12H2,1-2H3. The summed E-state index contributed by atoms with van der Waals surface area (Å²) in [7, 11) is 1.65. The van der Waals surface area contributed by atoms with E-state index in [1.165, 1.54) is 0 Å². The fraction of sp³-hybridized carbons (Fsp3) is 0.364. The third-order valence-corrected chi connectivity index (χ3v) is 3.47. The molecule has 2 aromatic heterocycles. The van der Waals surface area contributed by atoms with Crippen LogP contribution < -0.4 is 5.73 Å². The Morgan fingerprint density at radius 1 is 1.62 bits per heavy atom. The molecular weight excluding hydrogens is 224 g/mol. The average molecular weight is 238 g/mol. The number of furan rings is 1. The van der Waals surface area contributed by atoms with Crippen molar-refractivity contribution in [3.63, 3.8) is 0 Å². The third kappa shape index (κ3) is 2.16. The second-order valence-corrected chi connectivity index (χ2v) is 4.56. The SMILES string of the molecule is COCc1nc(-c2ccco2)sc1C(C)N. The first-order valence-corrected chi connectivity index (χ1v) is 5.82. The molecule has 16 heavy (non-hydrogen) atoms. The molecule has 0 aliphatic rings. The van der Waals surface area contributed by atoms with Crippen LogP contribution in [0.25, 0.3) is 10.8 Å². The zero-order valence-corrected chi connectivity index (χ0v) is 10.1. The third-order valence-electron chi connectivity index (χ3n) is 2.15. The van der Waals surface area contributed by atoms with E-state index >= 15 is 0 Å². The van der Waals surface area contributed by atoms with Gasteiger partial charge in [-0.3, -0.25) is 0 Å². The Bertz CT molecular complexity index is 449. The summed E-state index contributed by atoms with van der Waals surface area (Å²) in [6, 6.07) is 3.70. The first kappa shape index (κ1) is 11.3. The second kappa shape index (κ2) is 4.78. The molecule has 2 N–H and O–H groups in total. The minimum absolute atomic E-state index is 0.0358. The second-order valence-electron chi connectivity index (χ2n) is 3.53. The van der Waals surface area contributed by atoms with Crippen molar-refractivity contribution in [2.45, 2.75) is 19.6 Å². The van der Waals surface area contributed by atoms with E-state index in [1.807, 2.05) is 19.1 Å². The topological polar surface area (TPSA) is 61.3 Å². The molecule has 2 heterocycles. The summed E-state index contributed by atoms with van der Waals surface area (Å²) in [5.74, 6) is 0.772. The van der Waals surface area contributed by atoms with Crippen molar-refractivity contribution in [2.24, 2.45) is 5.73 Å². The number of aromatic nitrogens is 1. The van der Waals surface area contributed by atoms with Gasteiger partial charge in [-0.25, -0.2) is 4.98 Å². The van der Waals surface area contributed by atoms with Gasteiger partial charge in [-0.2, -0.15) is 0 Å². The summed E-state index contributed by atoms with van der Waals surface area (Å²) in [5.41, 5.74) is 6.79. The van der Waals surface area contributed by atoms with E-state index in [0.29, 0.717) is 6.61 Å². The molecule has 0 aliphatic heterocycles. The molecule has 5 heteroatoms. The van der Waals surface area contributed by atoms with Crippen molar-refractivity contribution in [3.8, 4) is 10.8 Å². The number of thiazole rings is 1. The van der Waals surface area contributed by atoms with Crippen molar-refractivity contribution in [3.05, 3.63) is 29.0 Å². The largest absolute Gasteiger partial charge is 0.462 e. The van der Waals surface area contributed by atoms with Gasteiger partial charge < -0.3 is 14.9 Å². The van der Waals surface area contributed by atoms with Gasteiger partial charge in [0.15, 0.2) is 10.8 Å². The molecule has 4 nitrogen and oxygen atoms in total. The van der Waals surface area contributed by atoms with Crippen LogP contribution in [0.4, 0.5) is 0 Å². The fourth-order valence-corrected chi connectivity index (χ4v) is 2.45. The molecule has 0 aromatic carbocycles. The van der Waals surface area contributed by atoms with Gasteiger partial charge in [0.1, 0.15) is 0 Å². The summed E-state index contributed by atoms with van der Waals surface area (Å²) in [4.78, 5) is 5.53. The Labute approximate surface area is 98.1 Å². The highest BCUT2D eigenvalue weighted by atomic mass is 32.1. The van der Waals surface area contributed by atoms with Crippen LogP contribution in [0.15, 0.2) is 22.8 Å². The van der Waals surface area contributed by atoms with E-state index in [1.54, 1.807) is 24.7 Å². The highest BCUT2D eigenvalue weighted by Crippen LogP contribution is 2.31. The van der Waals surface area contributed by atoms with Gasteiger partial charge in [0, 0.05) is 18.0 Å². The Balaban J connectivity index is 2.38. The summed E-state index contributed by atoms with van der Waals surface area (Å²) in [6.07, 6.45) is 1.64. The number of hydrogen-bond acceptors (Lipinski definition) is 5. The molecule has 0 aliphatic carbocycles. The fourth-order valence-electron chi connectivity index (χ4n) is 1.47. The van der Waals surface area contributed by atoms with Crippen LogP contribution in [0.3, 0.4) is 0 Å². The maximum Gasteiger partial charge on any atom is 0.162 e. The molecule has 0 saturated carbocycles. The molecule has 1 unspecified atom stereocenters. The molecular formula is C11H14N2O2S. The predicted molar refractivity (Wildman–Crippen MR) is 63.1 cm³/mol. The van der Waals surface area contributed by atoms with E-state index in [2.05, 4.69) is 4.98 Å². The normalized spacial score (nSPS) is 12.9. The van der Waals surface area contributed by atoms with Crippen molar-refractivity contribution >= 4 is 11.3 Å². The molecule has 86 valence electrons. The molecule has 0 bridgehead atoms. The minimum atomic E-state index is -0.0358. The quantitative estimate of drug-likeness (QED) is 0.889. The molecule has 1 atom stereocenters. The Morgan fingerprint density at radius 2 is 2.44 bits per heavy atom. The van der Waals surface area contributed by atoms with Crippen LogP contribution in [0, 0.1) is 0 Å². The summed E-state index contributed by atoms with van der Waals surface area (Å²) >= 11 is 1.56. The van der Waals surface area contributed by atoms with Gasteiger partial charge in [-0.15, -0.1) is 11.3 Å². The first-order valence-electron chi connectivity index (χ1n) is 5.00.